The quantitative estimate of drug-likeness (QED) is 0.233. The number of aromatic hydroxyl groups is 1. The van der Waals surface area contributed by atoms with Crippen molar-refractivity contribution in [2.24, 2.45) is 7.05 Å². The second-order valence-corrected chi connectivity index (χ2v) is 8.25. The third-order valence-corrected chi connectivity index (χ3v) is 5.84. The van der Waals surface area contributed by atoms with Crippen molar-refractivity contribution >= 4 is 28.7 Å². The minimum atomic E-state index is -1.23. The molecule has 0 aliphatic carbocycles. The smallest absolute Gasteiger partial charge is 0.319 e. The maximum Gasteiger partial charge on any atom is 0.319 e. The zero-order valence-electron chi connectivity index (χ0n) is 19.8. The first-order valence-electron chi connectivity index (χ1n) is 11.3. The van der Waals surface area contributed by atoms with Gasteiger partial charge in [-0.3, -0.25) is 24.6 Å². The third kappa shape index (κ3) is 5.34. The van der Waals surface area contributed by atoms with Crippen LogP contribution in [-0.2, 0) is 11.8 Å². The van der Waals surface area contributed by atoms with Crippen molar-refractivity contribution in [2.45, 2.75) is 6.04 Å². The van der Waals surface area contributed by atoms with E-state index in [4.69, 9.17) is 5.11 Å². The second kappa shape index (κ2) is 10.8. The fraction of sp³-hybridized carbons (Fsp3) is 0.111. The molecule has 1 aromatic heterocycles. The molecular weight excluding hydrogens is 476 g/mol. The molecule has 37 heavy (non-hydrogen) atoms. The Labute approximate surface area is 211 Å². The SMILES string of the molecule is Cn1c(=O)c(C(=O)NNCC(=O)O)c(O)c2cc(C(=O)NC(c3ccccc3)c3ccccc3)ccc21. The fourth-order valence-electron chi connectivity index (χ4n) is 4.00. The molecule has 10 nitrogen and oxygen atoms in total. The van der Waals surface area contributed by atoms with E-state index in [0.717, 1.165) is 11.1 Å². The number of fused-ring (bicyclic) bond motifs is 1. The van der Waals surface area contributed by atoms with E-state index < -0.39 is 47.2 Å². The summed E-state index contributed by atoms with van der Waals surface area (Å²) in [5, 5.41) is 22.7. The topological polar surface area (TPSA) is 150 Å². The molecule has 4 aromatic rings. The summed E-state index contributed by atoms with van der Waals surface area (Å²) in [6.45, 7) is -0.589. The molecule has 0 aliphatic rings. The minimum absolute atomic E-state index is 0.106. The number of carbonyl (C=O) groups is 3. The van der Waals surface area contributed by atoms with Crippen molar-refractivity contribution < 1.29 is 24.6 Å². The van der Waals surface area contributed by atoms with Crippen LogP contribution in [0.5, 0.6) is 5.75 Å². The molecule has 0 aliphatic heterocycles. The highest BCUT2D eigenvalue weighted by Crippen LogP contribution is 2.28. The van der Waals surface area contributed by atoms with Crippen molar-refractivity contribution in [1.82, 2.24) is 20.7 Å². The van der Waals surface area contributed by atoms with Crippen molar-refractivity contribution in [2.75, 3.05) is 6.54 Å². The molecule has 4 rings (SSSR count). The van der Waals surface area contributed by atoms with Crippen LogP contribution in [0, 0.1) is 0 Å². The molecule has 5 N–H and O–H groups in total. The Balaban J connectivity index is 1.70. The number of carboxylic acids is 1. The predicted molar refractivity (Wildman–Crippen MR) is 136 cm³/mol. The highest BCUT2D eigenvalue weighted by atomic mass is 16.4. The average Bonchev–Trinajstić information content (AvgIpc) is 2.91. The number of hydrogen-bond donors (Lipinski definition) is 5. The van der Waals surface area contributed by atoms with E-state index in [0.29, 0.717) is 5.52 Å². The van der Waals surface area contributed by atoms with Gasteiger partial charge in [0.25, 0.3) is 17.4 Å². The molecule has 2 amide bonds. The summed E-state index contributed by atoms with van der Waals surface area (Å²) in [4.78, 5) is 49.3. The number of nitrogens with one attached hydrogen (secondary N) is 3. The van der Waals surface area contributed by atoms with E-state index in [1.54, 1.807) is 0 Å². The monoisotopic (exact) mass is 500 g/mol. The second-order valence-electron chi connectivity index (χ2n) is 8.25. The molecule has 10 heteroatoms. The summed E-state index contributed by atoms with van der Waals surface area (Å²) in [6.07, 6.45) is 0. The zero-order valence-corrected chi connectivity index (χ0v) is 19.8. The molecule has 188 valence electrons. The van der Waals surface area contributed by atoms with Crippen LogP contribution >= 0.6 is 0 Å². The van der Waals surface area contributed by atoms with Crippen LogP contribution in [0.3, 0.4) is 0 Å². The fourth-order valence-corrected chi connectivity index (χ4v) is 4.00. The first-order chi connectivity index (χ1) is 17.8. The number of benzene rings is 3. The number of nitrogens with zero attached hydrogens (tertiary/aromatic N) is 1. The summed E-state index contributed by atoms with van der Waals surface area (Å²) in [7, 11) is 1.42. The van der Waals surface area contributed by atoms with Gasteiger partial charge in [-0.15, -0.1) is 0 Å². The largest absolute Gasteiger partial charge is 0.506 e. The van der Waals surface area contributed by atoms with E-state index >= 15 is 0 Å². The molecule has 0 saturated heterocycles. The standard InChI is InChI=1S/C27H24N4O6/c1-31-20-13-12-18(14-19(20)24(34)22(27(31)37)26(36)30-28-15-21(32)33)25(35)29-23(16-8-4-2-5-9-16)17-10-6-3-7-11-17/h2-14,23,28,34H,15H2,1H3,(H,29,35)(H,30,36)(H,32,33). The highest BCUT2D eigenvalue weighted by molar-refractivity contribution is 6.04. The van der Waals surface area contributed by atoms with Crippen LogP contribution in [0.1, 0.15) is 37.9 Å². The third-order valence-electron chi connectivity index (χ3n) is 5.84. The van der Waals surface area contributed by atoms with Crippen molar-refractivity contribution in [1.29, 1.82) is 0 Å². The zero-order chi connectivity index (χ0) is 26.5. The van der Waals surface area contributed by atoms with Crippen molar-refractivity contribution in [3.05, 3.63) is 111 Å². The molecule has 3 aromatic carbocycles. The van der Waals surface area contributed by atoms with Crippen LogP contribution in [-0.4, -0.2) is 39.1 Å². The Morgan fingerprint density at radius 3 is 2.05 bits per heavy atom. The summed E-state index contributed by atoms with van der Waals surface area (Å²) in [5.74, 6) is -3.28. The first kappa shape index (κ1) is 25.1. The Morgan fingerprint density at radius 2 is 1.49 bits per heavy atom. The van der Waals surface area contributed by atoms with Gasteiger partial charge in [-0.05, 0) is 29.3 Å². The van der Waals surface area contributed by atoms with E-state index in [2.05, 4.69) is 16.2 Å². The van der Waals surface area contributed by atoms with E-state index in [-0.39, 0.29) is 10.9 Å². The lowest BCUT2D eigenvalue weighted by Crippen LogP contribution is -2.43. The molecular formula is C27H24N4O6. The lowest BCUT2D eigenvalue weighted by molar-refractivity contribution is -0.136. The number of hydrogen-bond acceptors (Lipinski definition) is 6. The molecule has 0 bridgehead atoms. The van der Waals surface area contributed by atoms with Gasteiger partial charge in [0.15, 0.2) is 0 Å². The summed E-state index contributed by atoms with van der Waals surface area (Å²) < 4.78 is 1.17. The summed E-state index contributed by atoms with van der Waals surface area (Å²) >= 11 is 0. The Bertz CT molecular complexity index is 1490. The molecule has 0 unspecified atom stereocenters. The van der Waals surface area contributed by atoms with Crippen molar-refractivity contribution in [3.8, 4) is 5.75 Å². The number of rotatable bonds is 8. The average molecular weight is 501 g/mol. The van der Waals surface area contributed by atoms with Crippen LogP contribution in [0.15, 0.2) is 83.7 Å². The van der Waals surface area contributed by atoms with Gasteiger partial charge in [-0.2, -0.15) is 0 Å². The van der Waals surface area contributed by atoms with E-state index in [9.17, 15) is 24.3 Å². The lowest BCUT2D eigenvalue weighted by atomic mass is 9.98. The van der Waals surface area contributed by atoms with Gasteiger partial charge in [0.2, 0.25) is 0 Å². The van der Waals surface area contributed by atoms with Crippen LogP contribution in [0.4, 0.5) is 0 Å². The van der Waals surface area contributed by atoms with Gasteiger partial charge >= 0.3 is 5.97 Å². The molecule has 1 heterocycles. The van der Waals surface area contributed by atoms with Gasteiger partial charge in [-0.25, -0.2) is 5.43 Å². The maximum atomic E-state index is 13.3. The maximum absolute atomic E-state index is 13.3. The number of carbonyl (C=O) groups excluding carboxylic acids is 2. The molecule has 0 spiro atoms. The normalized spacial score (nSPS) is 10.9. The van der Waals surface area contributed by atoms with Gasteiger partial charge in [0.1, 0.15) is 17.9 Å². The Morgan fingerprint density at radius 1 is 0.892 bits per heavy atom. The number of amides is 2. The van der Waals surface area contributed by atoms with Gasteiger partial charge in [-0.1, -0.05) is 60.7 Å². The molecule has 0 atom stereocenters. The van der Waals surface area contributed by atoms with Gasteiger partial charge < -0.3 is 20.1 Å². The Kier molecular flexibility index (Phi) is 7.31. The van der Waals surface area contributed by atoms with Gasteiger partial charge in [0.05, 0.1) is 11.6 Å². The highest BCUT2D eigenvalue weighted by Gasteiger charge is 2.23. The number of aryl methyl sites for hydroxylation is 1. The number of aliphatic carboxylic acids is 1. The van der Waals surface area contributed by atoms with E-state index in [1.807, 2.05) is 60.7 Å². The van der Waals surface area contributed by atoms with Crippen LogP contribution < -0.4 is 21.7 Å². The van der Waals surface area contributed by atoms with Crippen LogP contribution in [0.2, 0.25) is 0 Å². The number of carboxylic acid groups (broad SMARTS) is 1. The van der Waals surface area contributed by atoms with E-state index in [1.165, 1.54) is 29.8 Å². The number of hydrazine groups is 1. The first-order valence-corrected chi connectivity index (χ1v) is 11.3. The molecule has 0 fully saturated rings. The van der Waals surface area contributed by atoms with Crippen molar-refractivity contribution in [3.63, 3.8) is 0 Å². The molecule has 0 saturated carbocycles. The Hall–Kier alpha value is -4.96. The molecule has 0 radical (unpaired) electrons. The lowest BCUT2D eigenvalue weighted by Gasteiger charge is -2.20. The number of pyridine rings is 1. The summed E-state index contributed by atoms with van der Waals surface area (Å²) in [5.41, 5.74) is 5.13. The predicted octanol–water partition coefficient (Wildman–Crippen LogP) is 2.08. The van der Waals surface area contributed by atoms with Crippen LogP contribution in [0.25, 0.3) is 10.9 Å². The minimum Gasteiger partial charge on any atom is -0.506 e. The number of aromatic nitrogens is 1. The summed E-state index contributed by atoms with van der Waals surface area (Å²) in [6, 6.07) is 22.9. The van der Waals surface area contributed by atoms with Gasteiger partial charge in [0, 0.05) is 18.0 Å².